The van der Waals surface area contributed by atoms with E-state index >= 15 is 0 Å². The molecule has 2 nitrogen and oxygen atoms in total. The lowest BCUT2D eigenvalue weighted by molar-refractivity contribution is 0.144. The molecular formula is C14H21FN2. The molecular weight excluding hydrogens is 215 g/mol. The number of hydrogen-bond donors (Lipinski definition) is 1. The van der Waals surface area contributed by atoms with E-state index in [0.29, 0.717) is 12.1 Å². The number of hydrogen-bond acceptors (Lipinski definition) is 2. The summed E-state index contributed by atoms with van der Waals surface area (Å²) >= 11 is 0. The SMILES string of the molecule is CCC(c1cccc(F)c1)N1CCNC(C)C1. The molecule has 0 bridgehead atoms. The second kappa shape index (κ2) is 5.61. The molecule has 1 fully saturated rings. The minimum absolute atomic E-state index is 0.135. The molecule has 0 spiro atoms. The minimum atomic E-state index is -0.135. The van der Waals surface area contributed by atoms with Crippen LogP contribution in [0.3, 0.4) is 0 Å². The molecule has 1 aromatic carbocycles. The fourth-order valence-electron chi connectivity index (χ4n) is 2.66. The van der Waals surface area contributed by atoms with E-state index in [-0.39, 0.29) is 5.82 Å². The summed E-state index contributed by atoms with van der Waals surface area (Å²) in [5.41, 5.74) is 1.10. The van der Waals surface area contributed by atoms with Crippen molar-refractivity contribution in [2.24, 2.45) is 0 Å². The Balaban J connectivity index is 2.15. The standard InChI is InChI=1S/C14H21FN2/c1-3-14(12-5-4-6-13(15)9-12)17-8-7-16-11(2)10-17/h4-6,9,11,14,16H,3,7-8,10H2,1-2H3. The van der Waals surface area contributed by atoms with Crippen LogP contribution < -0.4 is 5.32 Å². The van der Waals surface area contributed by atoms with Crippen LogP contribution in [0.4, 0.5) is 4.39 Å². The van der Waals surface area contributed by atoms with Crippen molar-refractivity contribution in [3.05, 3.63) is 35.6 Å². The van der Waals surface area contributed by atoms with Gasteiger partial charge in [-0.25, -0.2) is 4.39 Å². The van der Waals surface area contributed by atoms with Gasteiger partial charge in [0.05, 0.1) is 0 Å². The Bertz CT molecular complexity index is 367. The van der Waals surface area contributed by atoms with Crippen molar-refractivity contribution in [1.82, 2.24) is 10.2 Å². The third kappa shape index (κ3) is 3.05. The van der Waals surface area contributed by atoms with E-state index in [1.807, 2.05) is 6.07 Å². The van der Waals surface area contributed by atoms with Crippen molar-refractivity contribution in [2.45, 2.75) is 32.4 Å². The molecule has 1 aromatic rings. The Morgan fingerprint density at radius 1 is 1.53 bits per heavy atom. The monoisotopic (exact) mass is 236 g/mol. The van der Waals surface area contributed by atoms with Crippen LogP contribution >= 0.6 is 0 Å². The molecule has 2 unspecified atom stereocenters. The highest BCUT2D eigenvalue weighted by molar-refractivity contribution is 5.20. The van der Waals surface area contributed by atoms with Gasteiger partial charge in [-0.1, -0.05) is 19.1 Å². The van der Waals surface area contributed by atoms with Gasteiger partial charge in [0.1, 0.15) is 5.82 Å². The van der Waals surface area contributed by atoms with Gasteiger partial charge in [0, 0.05) is 31.7 Å². The maximum Gasteiger partial charge on any atom is 0.123 e. The highest BCUT2D eigenvalue weighted by Gasteiger charge is 2.23. The first kappa shape index (κ1) is 12.5. The van der Waals surface area contributed by atoms with E-state index in [2.05, 4.69) is 24.1 Å². The smallest absolute Gasteiger partial charge is 0.123 e. The topological polar surface area (TPSA) is 15.3 Å². The minimum Gasteiger partial charge on any atom is -0.312 e. The molecule has 3 heteroatoms. The highest BCUT2D eigenvalue weighted by Crippen LogP contribution is 2.25. The van der Waals surface area contributed by atoms with E-state index in [0.717, 1.165) is 31.6 Å². The second-order valence-corrected chi connectivity index (χ2v) is 4.83. The Labute approximate surface area is 103 Å². The molecule has 0 amide bonds. The quantitative estimate of drug-likeness (QED) is 0.867. The normalized spacial score (nSPS) is 23.6. The molecule has 1 heterocycles. The first-order valence-corrected chi connectivity index (χ1v) is 6.43. The lowest BCUT2D eigenvalue weighted by atomic mass is 10.0. The summed E-state index contributed by atoms with van der Waals surface area (Å²) in [6.07, 6.45) is 1.02. The molecule has 1 N–H and O–H groups in total. The van der Waals surface area contributed by atoms with Crippen molar-refractivity contribution in [1.29, 1.82) is 0 Å². The van der Waals surface area contributed by atoms with E-state index in [1.54, 1.807) is 12.1 Å². The maximum atomic E-state index is 13.3. The summed E-state index contributed by atoms with van der Waals surface area (Å²) in [4.78, 5) is 2.45. The zero-order valence-corrected chi connectivity index (χ0v) is 10.6. The molecule has 2 rings (SSSR count). The van der Waals surface area contributed by atoms with E-state index in [9.17, 15) is 4.39 Å². The zero-order valence-electron chi connectivity index (χ0n) is 10.6. The van der Waals surface area contributed by atoms with Gasteiger partial charge in [-0.3, -0.25) is 4.90 Å². The molecule has 0 radical (unpaired) electrons. The average Bonchev–Trinajstić information content (AvgIpc) is 2.30. The summed E-state index contributed by atoms with van der Waals surface area (Å²) in [7, 11) is 0. The number of rotatable bonds is 3. The lowest BCUT2D eigenvalue weighted by Crippen LogP contribution is -2.50. The van der Waals surface area contributed by atoms with Gasteiger partial charge in [-0.2, -0.15) is 0 Å². The first-order valence-electron chi connectivity index (χ1n) is 6.43. The van der Waals surface area contributed by atoms with Crippen LogP contribution in [0.1, 0.15) is 31.9 Å². The van der Waals surface area contributed by atoms with Crippen molar-refractivity contribution in [3.8, 4) is 0 Å². The number of piperazine rings is 1. The third-order valence-corrected chi connectivity index (χ3v) is 3.46. The summed E-state index contributed by atoms with van der Waals surface area (Å²) in [5, 5.41) is 3.44. The Morgan fingerprint density at radius 3 is 3.00 bits per heavy atom. The van der Waals surface area contributed by atoms with Crippen LogP contribution in [-0.2, 0) is 0 Å². The van der Waals surface area contributed by atoms with Crippen LogP contribution in [-0.4, -0.2) is 30.6 Å². The van der Waals surface area contributed by atoms with Crippen LogP contribution in [0.5, 0.6) is 0 Å². The number of halogens is 1. The fourth-order valence-corrected chi connectivity index (χ4v) is 2.66. The van der Waals surface area contributed by atoms with Crippen molar-refractivity contribution in [3.63, 3.8) is 0 Å². The van der Waals surface area contributed by atoms with Crippen molar-refractivity contribution >= 4 is 0 Å². The fraction of sp³-hybridized carbons (Fsp3) is 0.571. The van der Waals surface area contributed by atoms with Gasteiger partial charge >= 0.3 is 0 Å². The second-order valence-electron chi connectivity index (χ2n) is 4.83. The molecule has 0 aromatic heterocycles. The molecule has 0 saturated carbocycles. The molecule has 1 saturated heterocycles. The van der Waals surface area contributed by atoms with Gasteiger partial charge in [0.15, 0.2) is 0 Å². The Kier molecular flexibility index (Phi) is 4.13. The average molecular weight is 236 g/mol. The Hall–Kier alpha value is -0.930. The maximum absolute atomic E-state index is 13.3. The van der Waals surface area contributed by atoms with E-state index in [4.69, 9.17) is 0 Å². The summed E-state index contributed by atoms with van der Waals surface area (Å²) in [6.45, 7) is 7.47. The summed E-state index contributed by atoms with van der Waals surface area (Å²) < 4.78 is 13.3. The third-order valence-electron chi connectivity index (χ3n) is 3.46. The largest absolute Gasteiger partial charge is 0.312 e. The van der Waals surface area contributed by atoms with Crippen molar-refractivity contribution in [2.75, 3.05) is 19.6 Å². The van der Waals surface area contributed by atoms with Crippen LogP contribution in [0.25, 0.3) is 0 Å². The highest BCUT2D eigenvalue weighted by atomic mass is 19.1. The molecule has 0 aliphatic carbocycles. The lowest BCUT2D eigenvalue weighted by Gasteiger charge is -2.37. The zero-order chi connectivity index (χ0) is 12.3. The number of nitrogens with one attached hydrogen (secondary N) is 1. The number of benzene rings is 1. The van der Waals surface area contributed by atoms with Crippen LogP contribution in [0.2, 0.25) is 0 Å². The van der Waals surface area contributed by atoms with Gasteiger partial charge in [-0.15, -0.1) is 0 Å². The predicted molar refractivity (Wildman–Crippen MR) is 68.5 cm³/mol. The summed E-state index contributed by atoms with van der Waals surface area (Å²) in [5.74, 6) is -0.135. The van der Waals surface area contributed by atoms with Gasteiger partial charge < -0.3 is 5.32 Å². The molecule has 2 atom stereocenters. The first-order chi connectivity index (χ1) is 8.20. The van der Waals surface area contributed by atoms with Crippen LogP contribution in [0, 0.1) is 5.82 Å². The Morgan fingerprint density at radius 2 is 2.35 bits per heavy atom. The molecule has 17 heavy (non-hydrogen) atoms. The van der Waals surface area contributed by atoms with Gasteiger partial charge in [0.2, 0.25) is 0 Å². The summed E-state index contributed by atoms with van der Waals surface area (Å²) in [6, 6.07) is 7.88. The van der Waals surface area contributed by atoms with Gasteiger partial charge in [0.25, 0.3) is 0 Å². The van der Waals surface area contributed by atoms with Crippen LogP contribution in [0.15, 0.2) is 24.3 Å². The van der Waals surface area contributed by atoms with Crippen molar-refractivity contribution < 1.29 is 4.39 Å². The molecule has 1 aliphatic heterocycles. The molecule has 1 aliphatic rings. The molecule has 94 valence electrons. The van der Waals surface area contributed by atoms with E-state index in [1.165, 1.54) is 6.07 Å². The predicted octanol–water partition coefficient (Wildman–Crippen LogP) is 2.57. The van der Waals surface area contributed by atoms with E-state index < -0.39 is 0 Å². The van der Waals surface area contributed by atoms with Gasteiger partial charge in [-0.05, 0) is 31.0 Å². The number of nitrogens with zero attached hydrogens (tertiary/aromatic N) is 1.